The van der Waals surface area contributed by atoms with Crippen molar-refractivity contribution in [3.63, 3.8) is 0 Å². The first kappa shape index (κ1) is 10.2. The van der Waals surface area contributed by atoms with Gasteiger partial charge in [0.05, 0.1) is 0 Å². The summed E-state index contributed by atoms with van der Waals surface area (Å²) in [6.45, 7) is 0.293. The van der Waals surface area contributed by atoms with Crippen LogP contribution in [0, 0.1) is 0 Å². The smallest absolute Gasteiger partial charge is 0.311 e. The summed E-state index contributed by atoms with van der Waals surface area (Å²) in [7, 11) is 0. The van der Waals surface area contributed by atoms with Crippen molar-refractivity contribution in [3.8, 4) is 0 Å². The van der Waals surface area contributed by atoms with Crippen LogP contribution in [0.5, 0.6) is 0 Å². The van der Waals surface area contributed by atoms with Gasteiger partial charge in [-0.1, -0.05) is 0 Å². The molecule has 0 aromatic rings. The minimum atomic E-state index is -4.13. The largest absolute Gasteiger partial charge is 0.459 e. The van der Waals surface area contributed by atoms with E-state index in [4.69, 9.17) is 0 Å². The van der Waals surface area contributed by atoms with Gasteiger partial charge in [-0.2, -0.15) is 13.2 Å². The summed E-state index contributed by atoms with van der Waals surface area (Å²) >= 11 is 0. The van der Waals surface area contributed by atoms with E-state index in [9.17, 15) is 13.2 Å². The molecule has 14 heavy (non-hydrogen) atoms. The van der Waals surface area contributed by atoms with Crippen molar-refractivity contribution in [3.05, 3.63) is 0 Å². The average molecular weight is 208 g/mol. The molecule has 0 spiro atoms. The number of hydrogen-bond acceptors (Lipinski definition) is 2. The van der Waals surface area contributed by atoms with Gasteiger partial charge >= 0.3 is 6.30 Å². The molecule has 2 nitrogen and oxygen atoms in total. The molecule has 0 aromatic carbocycles. The number of alkyl halides is 3. The molecular formula is C9H15F3N2. The van der Waals surface area contributed by atoms with Crippen LogP contribution in [0.3, 0.4) is 0 Å². The molecule has 1 heterocycles. The summed E-state index contributed by atoms with van der Waals surface area (Å²) in [6, 6.07) is 0.901. The summed E-state index contributed by atoms with van der Waals surface area (Å²) in [5.41, 5.74) is 0. The Morgan fingerprint density at radius 1 is 0.929 bits per heavy atom. The fourth-order valence-electron chi connectivity index (χ4n) is 1.88. The number of hydrogen-bond donors (Lipinski definition) is 1. The Hall–Kier alpha value is -0.290. The highest BCUT2D eigenvalue weighted by Gasteiger charge is 2.39. The molecule has 0 bridgehead atoms. The number of rotatable bonds is 2. The first-order valence-corrected chi connectivity index (χ1v) is 5.13. The van der Waals surface area contributed by atoms with Crippen molar-refractivity contribution in [1.82, 2.24) is 10.2 Å². The number of halogens is 3. The van der Waals surface area contributed by atoms with Crippen molar-refractivity contribution >= 4 is 0 Å². The molecule has 2 fully saturated rings. The maximum Gasteiger partial charge on any atom is 0.459 e. The van der Waals surface area contributed by atoms with Gasteiger partial charge in [-0.05, 0) is 25.7 Å². The quantitative estimate of drug-likeness (QED) is 0.695. The van der Waals surface area contributed by atoms with E-state index >= 15 is 0 Å². The molecule has 1 N–H and O–H groups in total. The second-order valence-electron chi connectivity index (χ2n) is 4.17. The van der Waals surface area contributed by atoms with Gasteiger partial charge in [0.25, 0.3) is 0 Å². The fraction of sp³-hybridized carbons (Fsp3) is 1.00. The van der Waals surface area contributed by atoms with Crippen molar-refractivity contribution in [2.75, 3.05) is 13.1 Å². The molecule has 1 aliphatic carbocycles. The highest BCUT2D eigenvalue weighted by molar-refractivity contribution is 4.87. The van der Waals surface area contributed by atoms with Crippen LogP contribution in [0.2, 0.25) is 0 Å². The zero-order chi connectivity index (χ0) is 10.2. The van der Waals surface area contributed by atoms with Crippen LogP contribution in [-0.2, 0) is 0 Å². The third-order valence-electron chi connectivity index (χ3n) is 2.90. The van der Waals surface area contributed by atoms with Gasteiger partial charge in [0.15, 0.2) is 0 Å². The van der Waals surface area contributed by atoms with Gasteiger partial charge < -0.3 is 5.32 Å². The van der Waals surface area contributed by atoms with E-state index in [0.717, 1.165) is 0 Å². The number of nitrogens with one attached hydrogen (secondary N) is 1. The topological polar surface area (TPSA) is 15.3 Å². The Bertz CT molecular complexity index is 193. The molecule has 0 atom stereocenters. The van der Waals surface area contributed by atoms with Gasteiger partial charge in [0.1, 0.15) is 0 Å². The van der Waals surface area contributed by atoms with Crippen LogP contribution in [0.15, 0.2) is 0 Å². The minimum absolute atomic E-state index is 0.147. The maximum absolute atomic E-state index is 12.2. The lowest BCUT2D eigenvalue weighted by Gasteiger charge is -2.33. The van der Waals surface area contributed by atoms with Gasteiger partial charge in [0.2, 0.25) is 0 Å². The SMILES string of the molecule is FC(F)(F)N1CCC(NC2CC2)CC1. The Kier molecular flexibility index (Phi) is 2.70. The lowest BCUT2D eigenvalue weighted by molar-refractivity contribution is -0.250. The molecule has 1 aliphatic heterocycles. The summed E-state index contributed by atoms with van der Waals surface area (Å²) < 4.78 is 36.7. The molecule has 1 saturated heterocycles. The third-order valence-corrected chi connectivity index (χ3v) is 2.90. The van der Waals surface area contributed by atoms with E-state index < -0.39 is 6.30 Å². The second-order valence-corrected chi connectivity index (χ2v) is 4.17. The monoisotopic (exact) mass is 208 g/mol. The third kappa shape index (κ3) is 2.60. The fourth-order valence-corrected chi connectivity index (χ4v) is 1.88. The van der Waals surface area contributed by atoms with Crippen LogP contribution >= 0.6 is 0 Å². The van der Waals surface area contributed by atoms with E-state index in [-0.39, 0.29) is 13.1 Å². The summed E-state index contributed by atoms with van der Waals surface area (Å²) in [6.07, 6.45) is -0.504. The molecule has 0 radical (unpaired) electrons. The van der Waals surface area contributed by atoms with E-state index in [1.807, 2.05) is 0 Å². The molecule has 5 heteroatoms. The van der Waals surface area contributed by atoms with Crippen molar-refractivity contribution in [2.24, 2.45) is 0 Å². The van der Waals surface area contributed by atoms with Crippen molar-refractivity contribution in [2.45, 2.75) is 44.1 Å². The summed E-state index contributed by atoms with van der Waals surface area (Å²) in [4.78, 5) is 0.609. The molecule has 82 valence electrons. The minimum Gasteiger partial charge on any atom is -0.311 e. The van der Waals surface area contributed by atoms with Crippen LogP contribution in [0.25, 0.3) is 0 Å². The number of piperidine rings is 1. The molecule has 2 aliphatic rings. The molecular weight excluding hydrogens is 193 g/mol. The highest BCUT2D eigenvalue weighted by atomic mass is 19.4. The summed E-state index contributed by atoms with van der Waals surface area (Å²) in [5, 5.41) is 3.37. The number of likely N-dealkylation sites (tertiary alicyclic amines) is 1. The highest BCUT2D eigenvalue weighted by Crippen LogP contribution is 2.27. The normalized spacial score (nSPS) is 26.8. The Balaban J connectivity index is 1.74. The van der Waals surface area contributed by atoms with E-state index in [2.05, 4.69) is 5.32 Å². The van der Waals surface area contributed by atoms with Gasteiger partial charge in [-0.25, -0.2) is 4.90 Å². The predicted octanol–water partition coefficient (Wildman–Crippen LogP) is 1.72. The molecule has 0 unspecified atom stereocenters. The number of nitrogens with zero attached hydrogens (tertiary/aromatic N) is 1. The van der Waals surface area contributed by atoms with E-state index in [1.165, 1.54) is 12.8 Å². The zero-order valence-corrected chi connectivity index (χ0v) is 7.98. The van der Waals surface area contributed by atoms with E-state index in [1.54, 1.807) is 0 Å². The van der Waals surface area contributed by atoms with Crippen LogP contribution < -0.4 is 5.32 Å². The van der Waals surface area contributed by atoms with Crippen molar-refractivity contribution < 1.29 is 13.2 Å². The van der Waals surface area contributed by atoms with Crippen LogP contribution in [-0.4, -0.2) is 36.4 Å². The maximum atomic E-state index is 12.2. The zero-order valence-electron chi connectivity index (χ0n) is 7.98. The molecule has 0 aromatic heterocycles. The van der Waals surface area contributed by atoms with Gasteiger partial charge in [-0.3, -0.25) is 0 Å². The first-order valence-electron chi connectivity index (χ1n) is 5.13. The van der Waals surface area contributed by atoms with Crippen molar-refractivity contribution in [1.29, 1.82) is 0 Å². The van der Waals surface area contributed by atoms with E-state index in [0.29, 0.717) is 29.8 Å². The Morgan fingerprint density at radius 2 is 1.43 bits per heavy atom. The first-order chi connectivity index (χ1) is 6.55. The van der Waals surface area contributed by atoms with Crippen LogP contribution in [0.1, 0.15) is 25.7 Å². The Morgan fingerprint density at radius 3 is 1.86 bits per heavy atom. The second kappa shape index (κ2) is 3.70. The predicted molar refractivity (Wildman–Crippen MR) is 46.8 cm³/mol. The lowest BCUT2D eigenvalue weighted by atomic mass is 10.1. The van der Waals surface area contributed by atoms with Gasteiger partial charge in [-0.15, -0.1) is 0 Å². The molecule has 0 amide bonds. The standard InChI is InChI=1S/C9H15F3N2/c10-9(11,12)14-5-3-8(4-6-14)13-7-1-2-7/h7-8,13H,1-6H2. The van der Waals surface area contributed by atoms with Gasteiger partial charge in [0, 0.05) is 25.2 Å². The average Bonchev–Trinajstić information content (AvgIpc) is 2.88. The Labute approximate surface area is 81.5 Å². The lowest BCUT2D eigenvalue weighted by Crippen LogP contribution is -2.48. The molecule has 2 rings (SSSR count). The van der Waals surface area contributed by atoms with Crippen LogP contribution in [0.4, 0.5) is 13.2 Å². The molecule has 1 saturated carbocycles. The summed E-state index contributed by atoms with van der Waals surface area (Å²) in [5.74, 6) is 0.